The van der Waals surface area contributed by atoms with Crippen LogP contribution in [0.1, 0.15) is 6.42 Å². The van der Waals surface area contributed by atoms with Gasteiger partial charge < -0.3 is 19.7 Å². The van der Waals surface area contributed by atoms with Crippen molar-refractivity contribution in [3.05, 3.63) is 18.2 Å². The highest BCUT2D eigenvalue weighted by atomic mass is 16.5. The molecule has 1 aromatic carbocycles. The molecule has 0 saturated carbocycles. The van der Waals surface area contributed by atoms with Gasteiger partial charge in [-0.05, 0) is 25.1 Å². The van der Waals surface area contributed by atoms with Crippen LogP contribution in [0.25, 0.3) is 0 Å². The largest absolute Gasteiger partial charge is 0.497 e. The van der Waals surface area contributed by atoms with Crippen LogP contribution < -0.4 is 19.7 Å². The quantitative estimate of drug-likeness (QED) is 0.879. The molecule has 98 valence electrons. The number of hydrogen-bond acceptors (Lipinski definition) is 4. The zero-order valence-electron chi connectivity index (χ0n) is 11.0. The fourth-order valence-electron chi connectivity index (χ4n) is 3.05. The number of anilines is 1. The molecule has 1 aromatic rings. The number of hydrogen-bond donors (Lipinski definition) is 1. The Hall–Kier alpha value is -1.42. The molecule has 0 unspecified atom stereocenters. The first-order valence-electron chi connectivity index (χ1n) is 6.44. The van der Waals surface area contributed by atoms with E-state index in [-0.39, 0.29) is 0 Å². The smallest absolute Gasteiger partial charge is 0.145 e. The van der Waals surface area contributed by atoms with Gasteiger partial charge in [-0.25, -0.2) is 0 Å². The van der Waals surface area contributed by atoms with Crippen molar-refractivity contribution in [1.82, 2.24) is 5.32 Å². The molecule has 0 radical (unpaired) electrons. The Balaban J connectivity index is 1.77. The zero-order valence-corrected chi connectivity index (χ0v) is 11.0. The van der Waals surface area contributed by atoms with Crippen LogP contribution in [0.4, 0.5) is 5.69 Å². The lowest BCUT2D eigenvalue weighted by Gasteiger charge is -2.49. The van der Waals surface area contributed by atoms with Crippen molar-refractivity contribution < 1.29 is 9.47 Å². The Bertz CT molecular complexity index is 433. The predicted molar refractivity (Wildman–Crippen MR) is 71.7 cm³/mol. The van der Waals surface area contributed by atoms with E-state index < -0.39 is 0 Å². The molecule has 0 bridgehead atoms. The summed E-state index contributed by atoms with van der Waals surface area (Å²) in [5.74, 6) is 1.74. The molecule has 0 aliphatic carbocycles. The van der Waals surface area contributed by atoms with Gasteiger partial charge in [0.2, 0.25) is 0 Å². The average molecular weight is 248 g/mol. The maximum absolute atomic E-state index is 5.46. The molecule has 2 fully saturated rings. The van der Waals surface area contributed by atoms with Crippen molar-refractivity contribution in [2.45, 2.75) is 6.42 Å². The molecule has 2 aliphatic heterocycles. The summed E-state index contributed by atoms with van der Waals surface area (Å²) in [5.41, 5.74) is 1.68. The fraction of sp³-hybridized carbons (Fsp3) is 0.571. The second kappa shape index (κ2) is 4.35. The van der Waals surface area contributed by atoms with E-state index in [1.807, 2.05) is 12.1 Å². The Labute approximate surface area is 108 Å². The molecule has 18 heavy (non-hydrogen) atoms. The van der Waals surface area contributed by atoms with Crippen LogP contribution in [0, 0.1) is 5.41 Å². The molecule has 2 saturated heterocycles. The van der Waals surface area contributed by atoms with Crippen molar-refractivity contribution in [2.24, 2.45) is 5.41 Å². The van der Waals surface area contributed by atoms with Gasteiger partial charge in [-0.1, -0.05) is 0 Å². The highest BCUT2D eigenvalue weighted by Crippen LogP contribution is 2.43. The Morgan fingerprint density at radius 2 is 2.06 bits per heavy atom. The van der Waals surface area contributed by atoms with Gasteiger partial charge >= 0.3 is 0 Å². The first kappa shape index (κ1) is 11.7. The Kier molecular flexibility index (Phi) is 2.82. The van der Waals surface area contributed by atoms with Gasteiger partial charge in [0.15, 0.2) is 0 Å². The van der Waals surface area contributed by atoms with E-state index in [0.29, 0.717) is 5.41 Å². The Morgan fingerprint density at radius 1 is 1.22 bits per heavy atom. The van der Waals surface area contributed by atoms with E-state index in [1.165, 1.54) is 12.1 Å². The minimum atomic E-state index is 0.505. The summed E-state index contributed by atoms with van der Waals surface area (Å²) in [5, 5.41) is 3.46. The lowest BCUT2D eigenvalue weighted by molar-refractivity contribution is 0.241. The third-order valence-electron chi connectivity index (χ3n) is 4.11. The first-order chi connectivity index (χ1) is 8.76. The van der Waals surface area contributed by atoms with E-state index in [2.05, 4.69) is 16.3 Å². The van der Waals surface area contributed by atoms with Crippen LogP contribution in [0.5, 0.6) is 11.5 Å². The molecule has 1 N–H and O–H groups in total. The van der Waals surface area contributed by atoms with Gasteiger partial charge in [-0.2, -0.15) is 0 Å². The monoisotopic (exact) mass is 248 g/mol. The van der Waals surface area contributed by atoms with Crippen LogP contribution in [-0.2, 0) is 0 Å². The number of rotatable bonds is 3. The van der Waals surface area contributed by atoms with E-state index >= 15 is 0 Å². The number of ether oxygens (including phenoxy) is 2. The van der Waals surface area contributed by atoms with Crippen molar-refractivity contribution in [3.63, 3.8) is 0 Å². The summed E-state index contributed by atoms with van der Waals surface area (Å²) in [7, 11) is 3.39. The summed E-state index contributed by atoms with van der Waals surface area (Å²) in [6.45, 7) is 4.57. The van der Waals surface area contributed by atoms with E-state index in [9.17, 15) is 0 Å². The highest BCUT2D eigenvalue weighted by Gasteiger charge is 2.45. The number of nitrogens with one attached hydrogen (secondary N) is 1. The second-order valence-electron chi connectivity index (χ2n) is 5.32. The van der Waals surface area contributed by atoms with Gasteiger partial charge in [0, 0.05) is 31.1 Å². The molecule has 0 aromatic heterocycles. The van der Waals surface area contributed by atoms with Gasteiger partial charge in [-0.15, -0.1) is 0 Å². The maximum Gasteiger partial charge on any atom is 0.145 e. The summed E-state index contributed by atoms with van der Waals surface area (Å²) in [6.07, 6.45) is 1.29. The number of benzene rings is 1. The van der Waals surface area contributed by atoms with Crippen LogP contribution in [-0.4, -0.2) is 40.4 Å². The molecule has 2 aliphatic rings. The maximum atomic E-state index is 5.46. The third kappa shape index (κ3) is 1.81. The molecule has 4 nitrogen and oxygen atoms in total. The van der Waals surface area contributed by atoms with Crippen molar-refractivity contribution >= 4 is 5.69 Å². The lowest BCUT2D eigenvalue weighted by Crippen LogP contribution is -2.57. The molecule has 4 heteroatoms. The molecular weight excluding hydrogens is 228 g/mol. The minimum Gasteiger partial charge on any atom is -0.497 e. The van der Waals surface area contributed by atoms with Gasteiger partial charge in [0.1, 0.15) is 11.5 Å². The highest BCUT2D eigenvalue weighted by molar-refractivity contribution is 5.63. The van der Waals surface area contributed by atoms with Crippen molar-refractivity contribution in [3.8, 4) is 11.5 Å². The molecule has 1 spiro atoms. The standard InChI is InChI=1S/C14H20N2O2/c1-17-11-3-4-12(13(7-11)18-2)16-9-14(10-16)5-6-15-8-14/h3-4,7,15H,5-6,8-10H2,1-2H3. The average Bonchev–Trinajstić information content (AvgIpc) is 2.85. The minimum absolute atomic E-state index is 0.505. The van der Waals surface area contributed by atoms with E-state index in [1.54, 1.807) is 14.2 Å². The van der Waals surface area contributed by atoms with Gasteiger partial charge in [-0.3, -0.25) is 0 Å². The van der Waals surface area contributed by atoms with Crippen LogP contribution >= 0.6 is 0 Å². The van der Waals surface area contributed by atoms with E-state index in [0.717, 1.165) is 37.7 Å². The van der Waals surface area contributed by atoms with E-state index in [4.69, 9.17) is 9.47 Å². The van der Waals surface area contributed by atoms with Crippen LogP contribution in [0.15, 0.2) is 18.2 Å². The molecule has 2 heterocycles. The van der Waals surface area contributed by atoms with Gasteiger partial charge in [0.05, 0.1) is 19.9 Å². The fourth-order valence-corrected chi connectivity index (χ4v) is 3.05. The topological polar surface area (TPSA) is 33.7 Å². The molecule has 0 amide bonds. The summed E-state index contributed by atoms with van der Waals surface area (Å²) >= 11 is 0. The molecule has 0 atom stereocenters. The van der Waals surface area contributed by atoms with Gasteiger partial charge in [0.25, 0.3) is 0 Å². The SMILES string of the molecule is COc1ccc(N2CC3(CCNC3)C2)c(OC)c1. The summed E-state index contributed by atoms with van der Waals surface area (Å²) in [6, 6.07) is 6.04. The zero-order chi connectivity index (χ0) is 12.6. The number of methoxy groups -OCH3 is 2. The molecule has 3 rings (SSSR count). The first-order valence-corrected chi connectivity index (χ1v) is 6.44. The van der Waals surface area contributed by atoms with Crippen LogP contribution in [0.2, 0.25) is 0 Å². The third-order valence-corrected chi connectivity index (χ3v) is 4.11. The predicted octanol–water partition coefficient (Wildman–Crippen LogP) is 1.50. The lowest BCUT2D eigenvalue weighted by atomic mass is 9.79. The van der Waals surface area contributed by atoms with Crippen molar-refractivity contribution in [2.75, 3.05) is 45.3 Å². The van der Waals surface area contributed by atoms with Crippen LogP contribution in [0.3, 0.4) is 0 Å². The Morgan fingerprint density at radius 3 is 2.67 bits per heavy atom. The second-order valence-corrected chi connectivity index (χ2v) is 5.32. The normalized spacial score (nSPS) is 20.9. The summed E-state index contributed by atoms with van der Waals surface area (Å²) < 4.78 is 10.7. The summed E-state index contributed by atoms with van der Waals surface area (Å²) in [4.78, 5) is 2.39. The number of nitrogens with zero attached hydrogens (tertiary/aromatic N) is 1. The molecular formula is C14H20N2O2. The van der Waals surface area contributed by atoms with Crippen molar-refractivity contribution in [1.29, 1.82) is 0 Å².